The number of unbranched alkanes of at least 4 members (excludes halogenated alkanes) is 2. The summed E-state index contributed by atoms with van der Waals surface area (Å²) in [5.41, 5.74) is 0.321. The molecule has 0 heterocycles. The van der Waals surface area contributed by atoms with E-state index in [-0.39, 0.29) is 13.0 Å². The van der Waals surface area contributed by atoms with Gasteiger partial charge in [-0.1, -0.05) is 36.4 Å². The van der Waals surface area contributed by atoms with E-state index >= 15 is 0 Å². The number of carboxylic acid groups (broad SMARTS) is 1. The van der Waals surface area contributed by atoms with Crippen molar-refractivity contribution in [3.05, 3.63) is 41.5 Å². The van der Waals surface area contributed by atoms with Crippen molar-refractivity contribution in [3.63, 3.8) is 0 Å². The van der Waals surface area contributed by atoms with E-state index in [4.69, 9.17) is 5.11 Å². The second-order valence-electron chi connectivity index (χ2n) is 4.96. The smallest absolute Gasteiger partial charge is 0.381 e. The van der Waals surface area contributed by atoms with Crippen LogP contribution in [-0.2, 0) is 20.2 Å². The van der Waals surface area contributed by atoms with Gasteiger partial charge in [0.25, 0.3) is 0 Å². The molecule has 0 aliphatic rings. The molecule has 6 heteroatoms. The largest absolute Gasteiger partial charge is 0.481 e. The molecule has 0 aliphatic heterocycles. The minimum Gasteiger partial charge on any atom is -0.481 e. The highest BCUT2D eigenvalue weighted by Gasteiger charge is 2.42. The molecule has 0 aromatic heterocycles. The predicted molar refractivity (Wildman–Crippen MR) is 82.1 cm³/mol. The van der Waals surface area contributed by atoms with E-state index in [1.165, 1.54) is 31.2 Å². The van der Waals surface area contributed by atoms with Crippen molar-refractivity contribution in [2.45, 2.75) is 38.5 Å². The van der Waals surface area contributed by atoms with Crippen LogP contribution in [0.2, 0.25) is 0 Å². The van der Waals surface area contributed by atoms with Gasteiger partial charge in [0.15, 0.2) is 0 Å². The molecular formula is C17H20F2O4. The van der Waals surface area contributed by atoms with Gasteiger partial charge < -0.3 is 9.84 Å². The summed E-state index contributed by atoms with van der Waals surface area (Å²) in [7, 11) is 0. The average Bonchev–Trinajstić information content (AvgIpc) is 2.51. The normalized spacial score (nSPS) is 11.6. The number of halogens is 2. The van der Waals surface area contributed by atoms with Crippen LogP contribution in [0.15, 0.2) is 30.3 Å². The van der Waals surface area contributed by atoms with Crippen LogP contribution in [0.4, 0.5) is 8.78 Å². The minimum atomic E-state index is -3.66. The fraction of sp³-hybridized carbons (Fsp3) is 0.412. The van der Waals surface area contributed by atoms with Crippen LogP contribution in [-0.4, -0.2) is 23.7 Å². The summed E-state index contributed by atoms with van der Waals surface area (Å²) in [5.74, 6) is -6.02. The van der Waals surface area contributed by atoms with Crippen molar-refractivity contribution >= 4 is 18.0 Å². The van der Waals surface area contributed by atoms with E-state index in [0.29, 0.717) is 12.8 Å². The van der Waals surface area contributed by atoms with Crippen molar-refractivity contribution in [2.24, 2.45) is 0 Å². The lowest BCUT2D eigenvalue weighted by molar-refractivity contribution is -0.173. The van der Waals surface area contributed by atoms with Crippen molar-refractivity contribution in [1.82, 2.24) is 0 Å². The highest BCUT2D eigenvalue weighted by atomic mass is 19.3. The van der Waals surface area contributed by atoms with E-state index in [0.717, 1.165) is 12.0 Å². The Kier molecular flexibility index (Phi) is 7.38. The number of aliphatic carboxylic acids is 1. The Morgan fingerprint density at radius 1 is 1.22 bits per heavy atom. The maximum Gasteiger partial charge on any atom is 0.381 e. The Morgan fingerprint density at radius 3 is 2.43 bits per heavy atom. The SMILES string of the molecule is CCOC(=O)C(F)(F)c1ccc(/C=C/CCCCC(=O)O)cc1. The predicted octanol–water partition coefficient (Wildman–Crippen LogP) is 4.00. The number of esters is 1. The minimum absolute atomic E-state index is 0.100. The highest BCUT2D eigenvalue weighted by molar-refractivity contribution is 5.79. The molecule has 0 saturated heterocycles. The van der Waals surface area contributed by atoms with Gasteiger partial charge in [-0.05, 0) is 31.7 Å². The lowest BCUT2D eigenvalue weighted by atomic mass is 10.1. The molecule has 0 unspecified atom stereocenters. The van der Waals surface area contributed by atoms with Crippen LogP contribution >= 0.6 is 0 Å². The number of hydrogen-bond donors (Lipinski definition) is 1. The molecule has 0 aliphatic carbocycles. The summed E-state index contributed by atoms with van der Waals surface area (Å²) in [6, 6.07) is 5.38. The van der Waals surface area contributed by atoms with Gasteiger partial charge in [0, 0.05) is 12.0 Å². The third-order valence-electron chi connectivity index (χ3n) is 3.13. The van der Waals surface area contributed by atoms with E-state index in [2.05, 4.69) is 4.74 Å². The van der Waals surface area contributed by atoms with Crippen molar-refractivity contribution in [1.29, 1.82) is 0 Å². The topological polar surface area (TPSA) is 63.6 Å². The van der Waals surface area contributed by atoms with E-state index in [9.17, 15) is 18.4 Å². The molecule has 4 nitrogen and oxygen atoms in total. The number of hydrogen-bond acceptors (Lipinski definition) is 3. The lowest BCUT2D eigenvalue weighted by Gasteiger charge is -2.14. The first kappa shape index (κ1) is 18.8. The van der Waals surface area contributed by atoms with Gasteiger partial charge in [0.1, 0.15) is 0 Å². The van der Waals surface area contributed by atoms with Crippen LogP contribution in [0.3, 0.4) is 0 Å². The molecule has 1 aromatic rings. The number of rotatable bonds is 9. The van der Waals surface area contributed by atoms with Gasteiger partial charge in [-0.15, -0.1) is 0 Å². The summed E-state index contributed by atoms with van der Waals surface area (Å²) in [6.07, 6.45) is 5.85. The molecule has 126 valence electrons. The van der Waals surface area contributed by atoms with E-state index in [1.54, 1.807) is 6.08 Å². The number of alkyl halides is 2. The number of ether oxygens (including phenoxy) is 1. The molecule has 1 aromatic carbocycles. The molecule has 0 spiro atoms. The van der Waals surface area contributed by atoms with Gasteiger partial charge in [0.05, 0.1) is 6.61 Å². The first-order valence-electron chi connectivity index (χ1n) is 7.41. The van der Waals surface area contributed by atoms with Crippen molar-refractivity contribution in [2.75, 3.05) is 6.61 Å². The van der Waals surface area contributed by atoms with Crippen LogP contribution in [0.5, 0.6) is 0 Å². The molecule has 1 N–H and O–H groups in total. The first-order valence-corrected chi connectivity index (χ1v) is 7.41. The molecule has 0 atom stereocenters. The Hall–Kier alpha value is -2.24. The standard InChI is InChI=1S/C17H20F2O4/c1-2-23-16(22)17(18,19)14-11-9-13(10-12-14)7-5-3-4-6-8-15(20)21/h5,7,9-12H,2-4,6,8H2,1H3,(H,20,21)/b7-5+. The first-order chi connectivity index (χ1) is 10.9. The summed E-state index contributed by atoms with van der Waals surface area (Å²) in [5, 5.41) is 8.50. The van der Waals surface area contributed by atoms with Gasteiger partial charge >= 0.3 is 17.9 Å². The number of carbonyl (C=O) groups is 2. The summed E-state index contributed by atoms with van der Waals surface area (Å²) < 4.78 is 31.9. The Morgan fingerprint density at radius 2 is 1.87 bits per heavy atom. The molecule has 23 heavy (non-hydrogen) atoms. The fourth-order valence-corrected chi connectivity index (χ4v) is 1.90. The number of carboxylic acids is 1. The van der Waals surface area contributed by atoms with Gasteiger partial charge in [-0.2, -0.15) is 8.78 Å². The molecule has 0 saturated carbocycles. The maximum atomic E-state index is 13.8. The molecule has 1 rings (SSSR count). The van der Waals surface area contributed by atoms with Crippen LogP contribution in [0, 0.1) is 0 Å². The van der Waals surface area contributed by atoms with Crippen molar-refractivity contribution < 1.29 is 28.2 Å². The summed E-state index contributed by atoms with van der Waals surface area (Å²) in [4.78, 5) is 21.6. The third kappa shape index (κ3) is 6.18. The zero-order valence-corrected chi connectivity index (χ0v) is 12.9. The molecule has 0 bridgehead atoms. The fourth-order valence-electron chi connectivity index (χ4n) is 1.90. The van der Waals surface area contributed by atoms with E-state index < -0.39 is 23.4 Å². The zero-order valence-electron chi connectivity index (χ0n) is 12.9. The van der Waals surface area contributed by atoms with E-state index in [1.807, 2.05) is 6.08 Å². The van der Waals surface area contributed by atoms with Crippen LogP contribution < -0.4 is 0 Å². The highest BCUT2D eigenvalue weighted by Crippen LogP contribution is 2.29. The third-order valence-corrected chi connectivity index (χ3v) is 3.13. The average molecular weight is 326 g/mol. The molecular weight excluding hydrogens is 306 g/mol. The summed E-state index contributed by atoms with van der Waals surface area (Å²) in [6.45, 7) is 1.37. The van der Waals surface area contributed by atoms with Gasteiger partial charge in [-0.3, -0.25) is 4.79 Å². The van der Waals surface area contributed by atoms with Crippen LogP contribution in [0.25, 0.3) is 6.08 Å². The van der Waals surface area contributed by atoms with Gasteiger partial charge in [0.2, 0.25) is 0 Å². The lowest BCUT2D eigenvalue weighted by Crippen LogP contribution is -2.28. The van der Waals surface area contributed by atoms with Gasteiger partial charge in [-0.25, -0.2) is 4.79 Å². The summed E-state index contributed by atoms with van der Waals surface area (Å²) >= 11 is 0. The Balaban J connectivity index is 2.56. The quantitative estimate of drug-likeness (QED) is 0.550. The second kappa shape index (κ2) is 9.02. The number of benzene rings is 1. The Bertz CT molecular complexity index is 550. The maximum absolute atomic E-state index is 13.8. The molecule has 0 radical (unpaired) electrons. The number of allylic oxidation sites excluding steroid dienone is 1. The second-order valence-corrected chi connectivity index (χ2v) is 4.96. The Labute approximate surface area is 133 Å². The molecule has 0 fully saturated rings. The van der Waals surface area contributed by atoms with Crippen LogP contribution in [0.1, 0.15) is 43.7 Å². The molecule has 0 amide bonds. The number of carbonyl (C=O) groups excluding carboxylic acids is 1. The van der Waals surface area contributed by atoms with Crippen molar-refractivity contribution in [3.8, 4) is 0 Å². The zero-order chi connectivity index (χ0) is 17.3. The monoisotopic (exact) mass is 326 g/mol.